The van der Waals surface area contributed by atoms with Crippen LogP contribution < -0.4 is 10.5 Å². The summed E-state index contributed by atoms with van der Waals surface area (Å²) < 4.78 is 22.7. The minimum atomic E-state index is -0.486. The van der Waals surface area contributed by atoms with Crippen LogP contribution in [-0.4, -0.2) is 49.5 Å². The van der Waals surface area contributed by atoms with E-state index in [1.807, 2.05) is 16.5 Å². The molecule has 8 nitrogen and oxygen atoms in total. The fraction of sp³-hybridized carbons (Fsp3) is 0.429. The van der Waals surface area contributed by atoms with Gasteiger partial charge in [-0.25, -0.2) is 19.3 Å². The molecule has 37 heavy (non-hydrogen) atoms. The van der Waals surface area contributed by atoms with Crippen LogP contribution in [0.3, 0.4) is 0 Å². The Bertz CT molecular complexity index is 1430. The van der Waals surface area contributed by atoms with Crippen molar-refractivity contribution < 1.29 is 13.9 Å². The third-order valence-corrected chi connectivity index (χ3v) is 8.22. The van der Waals surface area contributed by atoms with Crippen molar-refractivity contribution in [2.24, 2.45) is 12.5 Å². The molecule has 2 fully saturated rings. The number of ether oxygens (including phenoxy) is 1. The Balaban J connectivity index is 1.37. The molecule has 2 N–H and O–H groups in total. The van der Waals surface area contributed by atoms with Crippen LogP contribution in [-0.2, 0) is 11.8 Å². The zero-order valence-corrected chi connectivity index (χ0v) is 21.0. The van der Waals surface area contributed by atoms with Gasteiger partial charge in [-0.05, 0) is 68.1 Å². The van der Waals surface area contributed by atoms with Crippen LogP contribution in [0.25, 0.3) is 27.7 Å². The zero-order chi connectivity index (χ0) is 25.7. The highest BCUT2D eigenvalue weighted by Gasteiger charge is 2.37. The van der Waals surface area contributed by atoms with E-state index in [0.717, 1.165) is 69.3 Å². The summed E-state index contributed by atoms with van der Waals surface area (Å²) in [6.07, 6.45) is 13.5. The lowest BCUT2D eigenvalue weighted by molar-refractivity contribution is -0.128. The molecule has 1 saturated heterocycles. The second-order valence-electron chi connectivity index (χ2n) is 10.5. The van der Waals surface area contributed by atoms with Gasteiger partial charge in [-0.15, -0.1) is 0 Å². The molecule has 3 aromatic heterocycles. The Hall–Kier alpha value is -3.75. The van der Waals surface area contributed by atoms with Crippen molar-refractivity contribution in [1.29, 1.82) is 0 Å². The highest BCUT2D eigenvalue weighted by atomic mass is 19.1. The first-order chi connectivity index (χ1) is 17.9. The topological polar surface area (TPSA) is 99.2 Å². The summed E-state index contributed by atoms with van der Waals surface area (Å²) in [6, 6.07) is 1.48. The minimum Gasteiger partial charge on any atom is -0.472 e. The lowest BCUT2D eigenvalue weighted by atomic mass is 9.68. The van der Waals surface area contributed by atoms with Crippen LogP contribution in [0.15, 0.2) is 37.3 Å². The van der Waals surface area contributed by atoms with Crippen LogP contribution in [0.4, 0.5) is 10.2 Å². The first-order valence-corrected chi connectivity index (χ1v) is 12.9. The first kappa shape index (κ1) is 23.6. The van der Waals surface area contributed by atoms with Gasteiger partial charge in [0.1, 0.15) is 23.9 Å². The molecular weight excluding hydrogens is 471 g/mol. The number of rotatable bonds is 5. The van der Waals surface area contributed by atoms with Gasteiger partial charge in [-0.3, -0.25) is 4.79 Å². The minimum absolute atomic E-state index is 0.00937. The maximum atomic E-state index is 15.1. The number of nitrogen functional groups attached to an aromatic ring is 1. The first-order valence-electron chi connectivity index (χ1n) is 12.9. The molecule has 0 atom stereocenters. The monoisotopic (exact) mass is 502 g/mol. The maximum Gasteiger partial charge on any atom is 0.250 e. The van der Waals surface area contributed by atoms with E-state index in [4.69, 9.17) is 10.5 Å². The van der Waals surface area contributed by atoms with Gasteiger partial charge in [0.2, 0.25) is 5.91 Å². The Kier molecular flexibility index (Phi) is 5.73. The second kappa shape index (κ2) is 8.97. The van der Waals surface area contributed by atoms with Crippen molar-refractivity contribution in [3.63, 3.8) is 0 Å². The largest absolute Gasteiger partial charge is 0.472 e. The summed E-state index contributed by atoms with van der Waals surface area (Å²) in [5.74, 6) is -0.0830. The number of nitrogens with two attached hydrogens (primary N) is 1. The number of likely N-dealkylation sites (tertiary alicyclic amines) is 1. The summed E-state index contributed by atoms with van der Waals surface area (Å²) in [6.45, 7) is 5.15. The van der Waals surface area contributed by atoms with Crippen molar-refractivity contribution in [1.82, 2.24) is 24.4 Å². The van der Waals surface area contributed by atoms with Gasteiger partial charge in [0.25, 0.3) is 5.88 Å². The Morgan fingerprint density at radius 2 is 2.03 bits per heavy atom. The van der Waals surface area contributed by atoms with Crippen LogP contribution in [0.5, 0.6) is 5.88 Å². The average Bonchev–Trinajstić information content (AvgIpc) is 3.68. The van der Waals surface area contributed by atoms with Gasteiger partial charge in [-0.2, -0.15) is 0 Å². The van der Waals surface area contributed by atoms with Crippen molar-refractivity contribution in [3.8, 4) is 17.0 Å². The van der Waals surface area contributed by atoms with E-state index in [1.165, 1.54) is 24.0 Å². The van der Waals surface area contributed by atoms with E-state index >= 15 is 4.39 Å². The molecule has 6 rings (SSSR count). The standard InChI is InChI=1S/C28H31FN6O2/c1-3-21(36)35-12-10-28(11-13-35)8-6-17(7-9-28)24-22(23-25(30)32-16-33-26(23)34(24)2)18-14-20(29)27(31-15-18)37-19-4-5-19/h3,6,14-16,19H,1,4-5,7-13H2,2H3,(H2,30,32,33). The summed E-state index contributed by atoms with van der Waals surface area (Å²) in [5, 5.41) is 0.703. The lowest BCUT2D eigenvalue weighted by Gasteiger charge is -2.43. The molecule has 2 aliphatic carbocycles. The van der Waals surface area contributed by atoms with E-state index in [2.05, 4.69) is 27.6 Å². The van der Waals surface area contributed by atoms with Crippen LogP contribution in [0.2, 0.25) is 0 Å². The van der Waals surface area contributed by atoms with Gasteiger partial charge >= 0.3 is 0 Å². The SMILES string of the molecule is C=CC(=O)N1CCC2(CC=C(c3c(-c4cnc(OC5CC5)c(F)c4)c4c(N)ncnc4n3C)CC2)CC1. The van der Waals surface area contributed by atoms with E-state index in [1.54, 1.807) is 6.20 Å². The second-order valence-corrected chi connectivity index (χ2v) is 10.5. The Morgan fingerprint density at radius 1 is 1.24 bits per heavy atom. The number of nitrogens with zero attached hydrogens (tertiary/aromatic N) is 5. The van der Waals surface area contributed by atoms with Gasteiger partial charge in [0.05, 0.1) is 11.1 Å². The number of amides is 1. The number of pyridine rings is 1. The third kappa shape index (κ3) is 4.16. The van der Waals surface area contributed by atoms with Gasteiger partial charge in [0, 0.05) is 37.5 Å². The van der Waals surface area contributed by atoms with E-state index in [9.17, 15) is 4.79 Å². The molecule has 1 aliphatic heterocycles. The molecule has 192 valence electrons. The average molecular weight is 503 g/mol. The fourth-order valence-electron chi connectivity index (χ4n) is 5.87. The number of carbonyl (C=O) groups is 1. The van der Waals surface area contributed by atoms with Crippen molar-refractivity contribution >= 4 is 28.3 Å². The van der Waals surface area contributed by atoms with Gasteiger partial charge in [-0.1, -0.05) is 12.7 Å². The Morgan fingerprint density at radius 3 is 2.68 bits per heavy atom. The molecule has 1 spiro atoms. The molecule has 4 heterocycles. The molecule has 3 aromatic rings. The number of aromatic nitrogens is 4. The Labute approximate surface area is 215 Å². The number of aryl methyl sites for hydroxylation is 1. The number of carbonyl (C=O) groups excluding carboxylic acids is 1. The van der Waals surface area contributed by atoms with Crippen LogP contribution in [0.1, 0.15) is 50.6 Å². The summed E-state index contributed by atoms with van der Waals surface area (Å²) in [4.78, 5) is 27.0. The molecule has 0 aromatic carbocycles. The predicted molar refractivity (Wildman–Crippen MR) is 140 cm³/mol. The van der Waals surface area contributed by atoms with Gasteiger partial charge in [0.15, 0.2) is 5.82 Å². The lowest BCUT2D eigenvalue weighted by Crippen LogP contribution is -2.43. The zero-order valence-electron chi connectivity index (χ0n) is 21.0. The molecule has 0 radical (unpaired) electrons. The van der Waals surface area contributed by atoms with E-state index in [0.29, 0.717) is 22.4 Å². The number of anilines is 1. The van der Waals surface area contributed by atoms with Gasteiger partial charge < -0.3 is 19.9 Å². The molecular formula is C28H31FN6O2. The molecule has 1 saturated carbocycles. The van der Waals surface area contributed by atoms with Crippen molar-refractivity contribution in [3.05, 3.63) is 48.8 Å². The smallest absolute Gasteiger partial charge is 0.250 e. The number of fused-ring (bicyclic) bond motifs is 1. The number of allylic oxidation sites excluding steroid dienone is 2. The third-order valence-electron chi connectivity index (χ3n) is 8.22. The van der Waals surface area contributed by atoms with Crippen molar-refractivity contribution in [2.45, 2.75) is 51.0 Å². The summed E-state index contributed by atoms with van der Waals surface area (Å²) >= 11 is 0. The quantitative estimate of drug-likeness (QED) is 0.510. The molecule has 1 amide bonds. The fourth-order valence-corrected chi connectivity index (χ4v) is 5.87. The highest BCUT2D eigenvalue weighted by molar-refractivity contribution is 6.05. The van der Waals surface area contributed by atoms with Crippen LogP contribution >= 0.6 is 0 Å². The number of hydrogen-bond donors (Lipinski definition) is 1. The highest BCUT2D eigenvalue weighted by Crippen LogP contribution is 2.49. The molecule has 0 unspecified atom stereocenters. The predicted octanol–water partition coefficient (Wildman–Crippen LogP) is 4.65. The maximum absolute atomic E-state index is 15.1. The van der Waals surface area contributed by atoms with E-state index in [-0.39, 0.29) is 23.3 Å². The molecule has 0 bridgehead atoms. The van der Waals surface area contributed by atoms with E-state index < -0.39 is 5.82 Å². The molecule has 3 aliphatic rings. The summed E-state index contributed by atoms with van der Waals surface area (Å²) in [7, 11) is 1.96. The number of piperidine rings is 1. The normalized spacial score (nSPS) is 19.2. The van der Waals surface area contributed by atoms with Crippen molar-refractivity contribution in [2.75, 3.05) is 18.8 Å². The number of halogens is 1. The number of hydrogen-bond acceptors (Lipinski definition) is 6. The van der Waals surface area contributed by atoms with Crippen LogP contribution in [0, 0.1) is 11.2 Å². The summed E-state index contributed by atoms with van der Waals surface area (Å²) in [5.41, 5.74) is 10.8. The molecule has 9 heteroatoms.